The third-order valence-electron chi connectivity index (χ3n) is 3.32. The Kier molecular flexibility index (Phi) is 5.10. The molecule has 0 aliphatic rings. The molecule has 2 heteroatoms. The predicted molar refractivity (Wildman–Crippen MR) is 64.5 cm³/mol. The van der Waals surface area contributed by atoms with E-state index >= 15 is 0 Å². The van der Waals surface area contributed by atoms with Gasteiger partial charge in [0.05, 0.1) is 0 Å². The van der Waals surface area contributed by atoms with Crippen molar-refractivity contribution in [3.8, 4) is 0 Å². The summed E-state index contributed by atoms with van der Waals surface area (Å²) in [5.74, 6) is 0. The van der Waals surface area contributed by atoms with Gasteiger partial charge < -0.3 is 5.73 Å². The van der Waals surface area contributed by atoms with Crippen molar-refractivity contribution in [3.05, 3.63) is 0 Å². The minimum atomic E-state index is -0.0457. The fraction of sp³-hybridized carbons (Fsp3) is 1.00. The molecule has 1 unspecified atom stereocenters. The first-order chi connectivity index (χ1) is 6.25. The summed E-state index contributed by atoms with van der Waals surface area (Å²) < 4.78 is 0. The Morgan fingerprint density at radius 2 is 1.64 bits per heavy atom. The van der Waals surface area contributed by atoms with Crippen LogP contribution < -0.4 is 5.73 Å². The van der Waals surface area contributed by atoms with Crippen LogP contribution in [0.3, 0.4) is 0 Å². The van der Waals surface area contributed by atoms with Crippen LogP contribution in [-0.2, 0) is 0 Å². The van der Waals surface area contributed by atoms with Crippen LogP contribution >= 0.6 is 0 Å². The second-order valence-corrected chi connectivity index (χ2v) is 5.43. The average Bonchev–Trinajstić information content (AvgIpc) is 2.03. The van der Waals surface area contributed by atoms with Crippen LogP contribution in [0.4, 0.5) is 0 Å². The van der Waals surface area contributed by atoms with Gasteiger partial charge in [-0.25, -0.2) is 0 Å². The minimum absolute atomic E-state index is 0.0457. The van der Waals surface area contributed by atoms with Crippen molar-refractivity contribution in [1.29, 1.82) is 0 Å². The van der Waals surface area contributed by atoms with Gasteiger partial charge in [-0.15, -0.1) is 0 Å². The Labute approximate surface area is 89.9 Å². The molecular weight excluding hydrogens is 172 g/mol. The molecule has 0 aliphatic heterocycles. The first kappa shape index (κ1) is 13.9. The molecular formula is C12H28N2. The Morgan fingerprint density at radius 3 is 2.00 bits per heavy atom. The predicted octanol–water partition coefficient (Wildman–Crippen LogP) is 2.62. The summed E-state index contributed by atoms with van der Waals surface area (Å²) >= 11 is 0. The highest BCUT2D eigenvalue weighted by molar-refractivity contribution is 4.87. The summed E-state index contributed by atoms with van der Waals surface area (Å²) in [5.41, 5.74) is 6.45. The highest BCUT2D eigenvalue weighted by Gasteiger charge is 2.27. The SMILES string of the molecule is CCCC(C)(N)CN(C)C(C)(C)CC. The van der Waals surface area contributed by atoms with E-state index in [2.05, 4.69) is 46.6 Å². The summed E-state index contributed by atoms with van der Waals surface area (Å²) in [7, 11) is 2.17. The van der Waals surface area contributed by atoms with Gasteiger partial charge in [0.2, 0.25) is 0 Å². The van der Waals surface area contributed by atoms with E-state index in [9.17, 15) is 0 Å². The lowest BCUT2D eigenvalue weighted by Crippen LogP contribution is -2.52. The molecule has 2 N–H and O–H groups in total. The molecule has 14 heavy (non-hydrogen) atoms. The molecule has 86 valence electrons. The lowest BCUT2D eigenvalue weighted by Gasteiger charge is -2.40. The Morgan fingerprint density at radius 1 is 1.14 bits per heavy atom. The van der Waals surface area contributed by atoms with E-state index in [4.69, 9.17) is 5.73 Å². The van der Waals surface area contributed by atoms with Crippen molar-refractivity contribution in [2.75, 3.05) is 13.6 Å². The van der Waals surface area contributed by atoms with E-state index in [1.807, 2.05) is 0 Å². The fourth-order valence-electron chi connectivity index (χ4n) is 1.68. The lowest BCUT2D eigenvalue weighted by atomic mass is 9.93. The number of hydrogen-bond donors (Lipinski definition) is 1. The van der Waals surface area contributed by atoms with Crippen LogP contribution in [0, 0.1) is 0 Å². The minimum Gasteiger partial charge on any atom is -0.324 e. The molecule has 0 aromatic carbocycles. The number of rotatable bonds is 6. The topological polar surface area (TPSA) is 29.3 Å². The van der Waals surface area contributed by atoms with Crippen molar-refractivity contribution in [2.45, 2.75) is 65.0 Å². The van der Waals surface area contributed by atoms with Crippen LogP contribution in [0.15, 0.2) is 0 Å². The van der Waals surface area contributed by atoms with E-state index in [-0.39, 0.29) is 11.1 Å². The van der Waals surface area contributed by atoms with Crippen LogP contribution in [-0.4, -0.2) is 29.6 Å². The second-order valence-electron chi connectivity index (χ2n) is 5.43. The van der Waals surface area contributed by atoms with Gasteiger partial charge in [-0.1, -0.05) is 20.3 Å². The van der Waals surface area contributed by atoms with E-state index in [0.29, 0.717) is 0 Å². The maximum Gasteiger partial charge on any atom is 0.0254 e. The van der Waals surface area contributed by atoms with Crippen LogP contribution in [0.2, 0.25) is 0 Å². The number of nitrogens with zero attached hydrogens (tertiary/aromatic N) is 1. The zero-order valence-electron chi connectivity index (χ0n) is 10.9. The zero-order valence-corrected chi connectivity index (χ0v) is 10.9. The number of nitrogens with two attached hydrogens (primary N) is 1. The smallest absolute Gasteiger partial charge is 0.0254 e. The standard InChI is InChI=1S/C12H28N2/c1-7-9-12(5,13)10-14(6)11(3,4)8-2/h7-10,13H2,1-6H3. The highest BCUT2D eigenvalue weighted by Crippen LogP contribution is 2.20. The first-order valence-electron chi connectivity index (χ1n) is 5.75. The Balaban J connectivity index is 4.23. The van der Waals surface area contributed by atoms with Crippen molar-refractivity contribution in [3.63, 3.8) is 0 Å². The quantitative estimate of drug-likeness (QED) is 0.714. The molecule has 0 rings (SSSR count). The van der Waals surface area contributed by atoms with Crippen molar-refractivity contribution in [2.24, 2.45) is 5.73 Å². The van der Waals surface area contributed by atoms with Gasteiger partial charge >= 0.3 is 0 Å². The fourth-order valence-corrected chi connectivity index (χ4v) is 1.68. The molecule has 2 nitrogen and oxygen atoms in total. The van der Waals surface area contributed by atoms with Gasteiger partial charge in [-0.3, -0.25) is 4.90 Å². The number of likely N-dealkylation sites (N-methyl/N-ethyl adjacent to an activating group) is 1. The molecule has 0 aliphatic carbocycles. The van der Waals surface area contributed by atoms with Gasteiger partial charge in [0.15, 0.2) is 0 Å². The molecule has 0 aromatic heterocycles. The van der Waals surface area contributed by atoms with Gasteiger partial charge in [-0.05, 0) is 40.7 Å². The molecule has 0 amide bonds. The highest BCUT2D eigenvalue weighted by atomic mass is 15.2. The van der Waals surface area contributed by atoms with Gasteiger partial charge in [0, 0.05) is 17.6 Å². The summed E-state index contributed by atoms with van der Waals surface area (Å²) in [5, 5.41) is 0. The van der Waals surface area contributed by atoms with Crippen LogP contribution in [0.5, 0.6) is 0 Å². The third-order valence-corrected chi connectivity index (χ3v) is 3.32. The van der Waals surface area contributed by atoms with E-state index in [0.717, 1.165) is 25.8 Å². The maximum atomic E-state index is 6.24. The lowest BCUT2D eigenvalue weighted by molar-refractivity contribution is 0.118. The van der Waals surface area contributed by atoms with E-state index < -0.39 is 0 Å². The van der Waals surface area contributed by atoms with Gasteiger partial charge in [0.1, 0.15) is 0 Å². The maximum absolute atomic E-state index is 6.24. The monoisotopic (exact) mass is 200 g/mol. The molecule has 0 heterocycles. The molecule has 0 radical (unpaired) electrons. The first-order valence-corrected chi connectivity index (χ1v) is 5.75. The Hall–Kier alpha value is -0.0800. The Bertz CT molecular complexity index is 162. The van der Waals surface area contributed by atoms with E-state index in [1.54, 1.807) is 0 Å². The average molecular weight is 200 g/mol. The van der Waals surface area contributed by atoms with E-state index in [1.165, 1.54) is 0 Å². The largest absolute Gasteiger partial charge is 0.324 e. The number of hydrogen-bond acceptors (Lipinski definition) is 2. The van der Waals surface area contributed by atoms with Crippen molar-refractivity contribution in [1.82, 2.24) is 4.90 Å². The van der Waals surface area contributed by atoms with Crippen LogP contribution in [0.25, 0.3) is 0 Å². The van der Waals surface area contributed by atoms with Gasteiger partial charge in [-0.2, -0.15) is 0 Å². The summed E-state index contributed by atoms with van der Waals surface area (Å²) in [6.45, 7) is 12.1. The van der Waals surface area contributed by atoms with Crippen molar-refractivity contribution < 1.29 is 0 Å². The second kappa shape index (κ2) is 5.13. The summed E-state index contributed by atoms with van der Waals surface area (Å²) in [6.07, 6.45) is 3.41. The summed E-state index contributed by atoms with van der Waals surface area (Å²) in [4.78, 5) is 2.38. The molecule has 0 fully saturated rings. The molecule has 0 saturated carbocycles. The molecule has 0 spiro atoms. The van der Waals surface area contributed by atoms with Gasteiger partial charge in [0.25, 0.3) is 0 Å². The zero-order chi connectivity index (χ0) is 11.4. The molecule has 0 bridgehead atoms. The van der Waals surface area contributed by atoms with Crippen LogP contribution in [0.1, 0.15) is 53.9 Å². The van der Waals surface area contributed by atoms with Crippen molar-refractivity contribution >= 4 is 0 Å². The molecule has 0 aromatic rings. The molecule has 1 atom stereocenters. The third kappa shape index (κ3) is 4.43. The summed E-state index contributed by atoms with van der Waals surface area (Å²) in [6, 6.07) is 0. The molecule has 0 saturated heterocycles. The normalized spacial score (nSPS) is 17.1.